The van der Waals surface area contributed by atoms with E-state index in [-0.39, 0.29) is 4.90 Å². The van der Waals surface area contributed by atoms with Crippen LogP contribution in [0.4, 0.5) is 23.7 Å². The van der Waals surface area contributed by atoms with Crippen LogP contribution in [0.1, 0.15) is 13.8 Å². The Hall–Kier alpha value is -2.38. The number of imide groups is 2. The van der Waals surface area contributed by atoms with E-state index in [4.69, 9.17) is 0 Å². The minimum absolute atomic E-state index is 0.277. The van der Waals surface area contributed by atoms with E-state index < -0.39 is 46.4 Å². The van der Waals surface area contributed by atoms with Crippen molar-refractivity contribution in [3.63, 3.8) is 0 Å². The summed E-state index contributed by atoms with van der Waals surface area (Å²) in [6.07, 6.45) is 0. The van der Waals surface area contributed by atoms with Gasteiger partial charge in [0.2, 0.25) is 11.8 Å². The van der Waals surface area contributed by atoms with Gasteiger partial charge in [0.25, 0.3) is 0 Å². The first kappa shape index (κ1) is 14.0. The molecule has 0 radical (unpaired) electrons. The Morgan fingerprint density at radius 3 is 2.25 bits per heavy atom. The third-order valence-corrected chi connectivity index (χ3v) is 2.98. The average molecular weight is 286 g/mol. The van der Waals surface area contributed by atoms with Gasteiger partial charge >= 0.3 is 6.03 Å². The Morgan fingerprint density at radius 1 is 1.05 bits per heavy atom. The zero-order valence-electron chi connectivity index (χ0n) is 10.5. The maximum Gasteiger partial charge on any atom is 0.335 e. The number of hydrogen-bond acceptors (Lipinski definition) is 3. The van der Waals surface area contributed by atoms with Crippen molar-refractivity contribution in [3.8, 4) is 0 Å². The molecule has 1 N–H and O–H groups in total. The van der Waals surface area contributed by atoms with Gasteiger partial charge in [-0.05, 0) is 26.0 Å². The lowest BCUT2D eigenvalue weighted by molar-refractivity contribution is -0.140. The zero-order valence-corrected chi connectivity index (χ0v) is 10.5. The maximum absolute atomic E-state index is 13.7. The largest absolute Gasteiger partial charge is 0.335 e. The van der Waals surface area contributed by atoms with Crippen molar-refractivity contribution in [2.24, 2.45) is 5.41 Å². The summed E-state index contributed by atoms with van der Waals surface area (Å²) in [5.74, 6) is -6.83. The summed E-state index contributed by atoms with van der Waals surface area (Å²) in [5.41, 5.74) is -2.39. The first-order valence-corrected chi connectivity index (χ1v) is 5.51. The summed E-state index contributed by atoms with van der Waals surface area (Å²) in [5, 5.41) is 1.85. The van der Waals surface area contributed by atoms with E-state index in [0.29, 0.717) is 6.07 Å². The number of urea groups is 1. The minimum atomic E-state index is -1.81. The Morgan fingerprint density at radius 2 is 1.65 bits per heavy atom. The van der Waals surface area contributed by atoms with Gasteiger partial charge in [0, 0.05) is 0 Å². The predicted molar refractivity (Wildman–Crippen MR) is 61.1 cm³/mol. The van der Waals surface area contributed by atoms with E-state index in [1.54, 1.807) is 0 Å². The Kier molecular flexibility index (Phi) is 3.04. The van der Waals surface area contributed by atoms with Crippen LogP contribution in [0.15, 0.2) is 12.1 Å². The number of halogens is 3. The van der Waals surface area contributed by atoms with E-state index in [2.05, 4.69) is 0 Å². The lowest BCUT2D eigenvalue weighted by Crippen LogP contribution is -2.62. The molecule has 1 aliphatic rings. The fourth-order valence-corrected chi connectivity index (χ4v) is 1.69. The Labute approximate surface area is 111 Å². The molecule has 8 heteroatoms. The molecule has 1 heterocycles. The van der Waals surface area contributed by atoms with E-state index in [1.807, 2.05) is 5.32 Å². The molecule has 1 fully saturated rings. The van der Waals surface area contributed by atoms with Gasteiger partial charge in [-0.2, -0.15) is 0 Å². The molecule has 2 rings (SSSR count). The molecular weight excluding hydrogens is 277 g/mol. The average Bonchev–Trinajstić information content (AvgIpc) is 2.37. The molecular formula is C12H9F3N2O3. The van der Waals surface area contributed by atoms with Gasteiger partial charge < -0.3 is 0 Å². The van der Waals surface area contributed by atoms with Crippen LogP contribution >= 0.6 is 0 Å². The molecule has 1 aliphatic heterocycles. The van der Waals surface area contributed by atoms with Gasteiger partial charge in [0.05, 0.1) is 5.69 Å². The summed E-state index contributed by atoms with van der Waals surface area (Å²) < 4.78 is 39.7. The van der Waals surface area contributed by atoms with Crippen molar-refractivity contribution >= 4 is 23.5 Å². The molecule has 0 aromatic heterocycles. The van der Waals surface area contributed by atoms with Crippen molar-refractivity contribution in [1.29, 1.82) is 0 Å². The fraction of sp³-hybridized carbons (Fsp3) is 0.250. The number of barbiturate groups is 1. The van der Waals surface area contributed by atoms with Crippen LogP contribution in [-0.2, 0) is 9.59 Å². The number of benzene rings is 1. The molecule has 1 aromatic carbocycles. The van der Waals surface area contributed by atoms with Crippen LogP contribution in [-0.4, -0.2) is 17.8 Å². The molecule has 106 valence electrons. The third kappa shape index (κ3) is 1.84. The fourth-order valence-electron chi connectivity index (χ4n) is 1.69. The number of anilines is 1. The topological polar surface area (TPSA) is 66.5 Å². The van der Waals surface area contributed by atoms with Gasteiger partial charge in [-0.15, -0.1) is 0 Å². The molecule has 4 amide bonds. The van der Waals surface area contributed by atoms with Crippen LogP contribution in [0, 0.1) is 22.9 Å². The summed E-state index contributed by atoms with van der Waals surface area (Å²) in [4.78, 5) is 35.5. The quantitative estimate of drug-likeness (QED) is 0.631. The summed E-state index contributed by atoms with van der Waals surface area (Å²) in [6.45, 7) is 2.45. The van der Waals surface area contributed by atoms with E-state index in [1.165, 1.54) is 13.8 Å². The van der Waals surface area contributed by atoms with Crippen LogP contribution in [0.3, 0.4) is 0 Å². The SMILES string of the molecule is CC1(C)C(=O)NC(=O)N(c2ccc(F)c(F)c2F)C1=O. The van der Waals surface area contributed by atoms with Crippen molar-refractivity contribution in [3.05, 3.63) is 29.6 Å². The second-order valence-electron chi connectivity index (χ2n) is 4.72. The van der Waals surface area contributed by atoms with Crippen LogP contribution in [0.5, 0.6) is 0 Å². The van der Waals surface area contributed by atoms with Gasteiger partial charge in [-0.3, -0.25) is 14.9 Å². The van der Waals surface area contributed by atoms with E-state index >= 15 is 0 Å². The standard InChI is InChI=1S/C12H9F3N2O3/c1-12(2)9(18)16-11(20)17(10(12)19)6-4-3-5(13)7(14)8(6)15/h3-4H,1-2H3,(H,16,18,20). The monoisotopic (exact) mass is 286 g/mol. The molecule has 0 unspecified atom stereocenters. The second kappa shape index (κ2) is 4.32. The van der Waals surface area contributed by atoms with Crippen molar-refractivity contribution in [1.82, 2.24) is 5.32 Å². The molecule has 0 atom stereocenters. The zero-order chi connectivity index (χ0) is 15.2. The first-order chi connectivity index (χ1) is 9.17. The van der Waals surface area contributed by atoms with Crippen LogP contribution < -0.4 is 10.2 Å². The molecule has 0 bridgehead atoms. The number of amides is 4. The van der Waals surface area contributed by atoms with E-state index in [9.17, 15) is 27.6 Å². The van der Waals surface area contributed by atoms with Gasteiger partial charge in [0.15, 0.2) is 17.5 Å². The van der Waals surface area contributed by atoms with Crippen LogP contribution in [0.2, 0.25) is 0 Å². The third-order valence-electron chi connectivity index (χ3n) is 2.98. The second-order valence-corrected chi connectivity index (χ2v) is 4.72. The molecule has 5 nitrogen and oxygen atoms in total. The lowest BCUT2D eigenvalue weighted by Gasteiger charge is -2.34. The van der Waals surface area contributed by atoms with Gasteiger partial charge in [-0.25, -0.2) is 22.9 Å². The number of hydrogen-bond donors (Lipinski definition) is 1. The lowest BCUT2D eigenvalue weighted by atomic mass is 9.88. The summed E-state index contributed by atoms with van der Waals surface area (Å²) >= 11 is 0. The Bertz CT molecular complexity index is 643. The minimum Gasteiger partial charge on any atom is -0.276 e. The summed E-state index contributed by atoms with van der Waals surface area (Å²) in [6, 6.07) is 0.110. The predicted octanol–water partition coefficient (Wildman–Crippen LogP) is 1.71. The molecule has 20 heavy (non-hydrogen) atoms. The molecule has 1 aromatic rings. The Balaban J connectivity index is 2.57. The highest BCUT2D eigenvalue weighted by atomic mass is 19.2. The normalized spacial score (nSPS) is 18.2. The number of carbonyl (C=O) groups excluding carboxylic acids is 3. The highest BCUT2D eigenvalue weighted by Crippen LogP contribution is 2.31. The van der Waals surface area contributed by atoms with Crippen molar-refractivity contribution in [2.75, 3.05) is 4.90 Å². The number of nitrogens with one attached hydrogen (secondary N) is 1. The van der Waals surface area contributed by atoms with Crippen LogP contribution in [0.25, 0.3) is 0 Å². The van der Waals surface area contributed by atoms with Crippen molar-refractivity contribution < 1.29 is 27.6 Å². The highest BCUT2D eigenvalue weighted by molar-refractivity contribution is 6.29. The van der Waals surface area contributed by atoms with Gasteiger partial charge in [0.1, 0.15) is 5.41 Å². The molecule has 0 aliphatic carbocycles. The molecule has 0 spiro atoms. The maximum atomic E-state index is 13.7. The summed E-state index contributed by atoms with van der Waals surface area (Å²) in [7, 11) is 0. The highest BCUT2D eigenvalue weighted by Gasteiger charge is 2.48. The van der Waals surface area contributed by atoms with E-state index in [0.717, 1.165) is 6.07 Å². The number of nitrogens with zero attached hydrogens (tertiary/aromatic N) is 1. The molecule has 0 saturated carbocycles. The number of carbonyl (C=O) groups is 3. The first-order valence-electron chi connectivity index (χ1n) is 5.51. The van der Waals surface area contributed by atoms with Gasteiger partial charge in [-0.1, -0.05) is 0 Å². The van der Waals surface area contributed by atoms with Crippen molar-refractivity contribution in [2.45, 2.75) is 13.8 Å². The molecule has 1 saturated heterocycles. The smallest absolute Gasteiger partial charge is 0.276 e. The number of rotatable bonds is 1.